The number of alkyl halides is 3. The third-order valence-electron chi connectivity index (χ3n) is 3.34. The maximum absolute atomic E-state index is 12.8. The Balaban J connectivity index is 2.03. The van der Waals surface area contributed by atoms with Gasteiger partial charge in [-0.05, 0) is 42.7 Å². The number of nitrogen functional groups attached to an aromatic ring is 1. The van der Waals surface area contributed by atoms with Crippen molar-refractivity contribution in [2.45, 2.75) is 19.5 Å². The molecule has 3 N–H and O–H groups in total. The van der Waals surface area contributed by atoms with Crippen molar-refractivity contribution in [1.29, 1.82) is 0 Å². The van der Waals surface area contributed by atoms with E-state index in [0.717, 1.165) is 12.5 Å². The van der Waals surface area contributed by atoms with Crippen molar-refractivity contribution < 1.29 is 13.2 Å². The molecule has 0 spiro atoms. The van der Waals surface area contributed by atoms with Gasteiger partial charge in [0.15, 0.2) is 0 Å². The van der Waals surface area contributed by atoms with E-state index in [9.17, 15) is 13.2 Å². The van der Waals surface area contributed by atoms with Crippen molar-refractivity contribution in [2.75, 3.05) is 17.6 Å². The summed E-state index contributed by atoms with van der Waals surface area (Å²) < 4.78 is 38.3. The van der Waals surface area contributed by atoms with Crippen molar-refractivity contribution in [1.82, 2.24) is 0 Å². The molecule has 5 heteroatoms. The van der Waals surface area contributed by atoms with Crippen LogP contribution in [0.4, 0.5) is 24.5 Å². The van der Waals surface area contributed by atoms with Crippen LogP contribution in [-0.4, -0.2) is 6.54 Å². The number of rotatable bonds is 4. The largest absolute Gasteiger partial charge is 0.418 e. The van der Waals surface area contributed by atoms with Crippen LogP contribution in [0.5, 0.6) is 0 Å². The average Bonchev–Trinajstić information content (AvgIpc) is 2.41. The third kappa shape index (κ3) is 3.90. The lowest BCUT2D eigenvalue weighted by molar-refractivity contribution is -0.136. The lowest BCUT2D eigenvalue weighted by atomic mass is 10.1. The van der Waals surface area contributed by atoms with Crippen LogP contribution < -0.4 is 11.1 Å². The SMILES string of the molecule is Cc1ccccc1CCNc1ccc(N)c(C(F)(F)F)c1. The second-order valence-corrected chi connectivity index (χ2v) is 4.90. The Kier molecular flexibility index (Phi) is 4.40. The lowest BCUT2D eigenvalue weighted by Crippen LogP contribution is -2.11. The summed E-state index contributed by atoms with van der Waals surface area (Å²) in [6, 6.07) is 11.8. The van der Waals surface area contributed by atoms with Crippen LogP contribution in [-0.2, 0) is 12.6 Å². The van der Waals surface area contributed by atoms with Gasteiger partial charge in [0.2, 0.25) is 0 Å². The topological polar surface area (TPSA) is 38.0 Å². The van der Waals surface area contributed by atoms with Gasteiger partial charge in [0, 0.05) is 17.9 Å². The minimum atomic E-state index is -4.43. The molecule has 0 radical (unpaired) electrons. The Labute approximate surface area is 121 Å². The van der Waals surface area contributed by atoms with Crippen molar-refractivity contribution in [2.24, 2.45) is 0 Å². The van der Waals surface area contributed by atoms with Gasteiger partial charge in [0.1, 0.15) is 0 Å². The molecule has 2 nitrogen and oxygen atoms in total. The molecule has 2 rings (SSSR count). The number of nitrogens with two attached hydrogens (primary N) is 1. The fraction of sp³-hybridized carbons (Fsp3) is 0.250. The number of nitrogens with one attached hydrogen (secondary N) is 1. The molecule has 0 aliphatic rings. The molecule has 0 bridgehead atoms. The average molecular weight is 294 g/mol. The van der Waals surface area contributed by atoms with Crippen molar-refractivity contribution in [3.63, 3.8) is 0 Å². The van der Waals surface area contributed by atoms with E-state index in [1.807, 2.05) is 31.2 Å². The Morgan fingerprint density at radius 1 is 1.10 bits per heavy atom. The van der Waals surface area contributed by atoms with Crippen LogP contribution in [0.3, 0.4) is 0 Å². The molecule has 0 heterocycles. The maximum Gasteiger partial charge on any atom is 0.418 e. The second-order valence-electron chi connectivity index (χ2n) is 4.90. The highest BCUT2D eigenvalue weighted by atomic mass is 19.4. The molecule has 0 saturated carbocycles. The van der Waals surface area contributed by atoms with E-state index in [2.05, 4.69) is 5.32 Å². The first-order valence-electron chi connectivity index (χ1n) is 6.63. The number of hydrogen-bond donors (Lipinski definition) is 2. The van der Waals surface area contributed by atoms with Crippen LogP contribution in [0.15, 0.2) is 42.5 Å². The number of hydrogen-bond acceptors (Lipinski definition) is 2. The minimum Gasteiger partial charge on any atom is -0.398 e. The fourth-order valence-electron chi connectivity index (χ4n) is 2.14. The van der Waals surface area contributed by atoms with Gasteiger partial charge in [-0.3, -0.25) is 0 Å². The fourth-order valence-corrected chi connectivity index (χ4v) is 2.14. The van der Waals surface area contributed by atoms with Crippen LogP contribution in [0.1, 0.15) is 16.7 Å². The molecule has 112 valence electrons. The van der Waals surface area contributed by atoms with Gasteiger partial charge < -0.3 is 11.1 Å². The summed E-state index contributed by atoms with van der Waals surface area (Å²) in [6.45, 7) is 2.58. The molecular formula is C16H17F3N2. The lowest BCUT2D eigenvalue weighted by Gasteiger charge is -2.13. The number of anilines is 2. The van der Waals surface area contributed by atoms with E-state index in [-0.39, 0.29) is 5.69 Å². The molecule has 0 fully saturated rings. The van der Waals surface area contributed by atoms with Gasteiger partial charge in [-0.25, -0.2) is 0 Å². The van der Waals surface area contributed by atoms with E-state index < -0.39 is 11.7 Å². The van der Waals surface area contributed by atoms with Gasteiger partial charge in [-0.1, -0.05) is 24.3 Å². The van der Waals surface area contributed by atoms with Crippen molar-refractivity contribution >= 4 is 11.4 Å². The van der Waals surface area contributed by atoms with Crippen LogP contribution >= 0.6 is 0 Å². The first-order valence-corrected chi connectivity index (χ1v) is 6.63. The van der Waals surface area contributed by atoms with E-state index in [0.29, 0.717) is 12.2 Å². The molecule has 2 aromatic rings. The molecule has 0 unspecified atom stereocenters. The molecule has 0 amide bonds. The second kappa shape index (κ2) is 6.08. The molecule has 0 aromatic heterocycles. The Morgan fingerprint density at radius 2 is 1.81 bits per heavy atom. The summed E-state index contributed by atoms with van der Waals surface area (Å²) in [5.74, 6) is 0. The zero-order valence-corrected chi connectivity index (χ0v) is 11.7. The first-order chi connectivity index (χ1) is 9.88. The molecule has 0 atom stereocenters. The summed E-state index contributed by atoms with van der Waals surface area (Å²) in [4.78, 5) is 0. The van der Waals surface area contributed by atoms with Gasteiger partial charge in [-0.2, -0.15) is 13.2 Å². The Bertz CT molecular complexity index is 621. The summed E-state index contributed by atoms with van der Waals surface area (Å²) in [6.07, 6.45) is -3.68. The summed E-state index contributed by atoms with van der Waals surface area (Å²) >= 11 is 0. The highest BCUT2D eigenvalue weighted by molar-refractivity contribution is 5.58. The van der Waals surface area contributed by atoms with Crippen LogP contribution in [0, 0.1) is 6.92 Å². The Hall–Kier alpha value is -2.17. The summed E-state index contributed by atoms with van der Waals surface area (Å²) in [5.41, 5.74) is 7.08. The summed E-state index contributed by atoms with van der Waals surface area (Å²) in [5, 5.41) is 3.00. The van der Waals surface area contributed by atoms with E-state index in [1.54, 1.807) is 6.07 Å². The predicted molar refractivity (Wildman–Crippen MR) is 79.2 cm³/mol. The van der Waals surface area contributed by atoms with Gasteiger partial charge >= 0.3 is 6.18 Å². The Morgan fingerprint density at radius 3 is 2.48 bits per heavy atom. The van der Waals surface area contributed by atoms with E-state index in [4.69, 9.17) is 5.73 Å². The smallest absolute Gasteiger partial charge is 0.398 e. The zero-order valence-electron chi connectivity index (χ0n) is 11.7. The van der Waals surface area contributed by atoms with Crippen LogP contribution in [0.25, 0.3) is 0 Å². The van der Waals surface area contributed by atoms with Crippen molar-refractivity contribution in [3.8, 4) is 0 Å². The standard InChI is InChI=1S/C16H17F3N2/c1-11-4-2-3-5-12(11)8-9-21-13-6-7-15(20)14(10-13)16(17,18)19/h2-7,10,21H,8-9,20H2,1H3. The highest BCUT2D eigenvalue weighted by Gasteiger charge is 2.33. The molecule has 2 aromatic carbocycles. The maximum atomic E-state index is 12.8. The molecule has 0 aliphatic carbocycles. The van der Waals surface area contributed by atoms with Crippen LogP contribution in [0.2, 0.25) is 0 Å². The number of halogens is 3. The summed E-state index contributed by atoms with van der Waals surface area (Å²) in [7, 11) is 0. The predicted octanol–water partition coefficient (Wildman–Crippen LogP) is 4.25. The third-order valence-corrected chi connectivity index (χ3v) is 3.34. The zero-order chi connectivity index (χ0) is 15.5. The quantitative estimate of drug-likeness (QED) is 0.827. The molecule has 21 heavy (non-hydrogen) atoms. The number of benzene rings is 2. The van der Waals surface area contributed by atoms with E-state index in [1.165, 1.54) is 17.2 Å². The molecule has 0 aliphatic heterocycles. The first kappa shape index (κ1) is 15.2. The van der Waals surface area contributed by atoms with Gasteiger partial charge in [-0.15, -0.1) is 0 Å². The van der Waals surface area contributed by atoms with Crippen molar-refractivity contribution in [3.05, 3.63) is 59.2 Å². The minimum absolute atomic E-state index is 0.257. The highest BCUT2D eigenvalue weighted by Crippen LogP contribution is 2.35. The normalized spacial score (nSPS) is 11.4. The molecular weight excluding hydrogens is 277 g/mol. The monoisotopic (exact) mass is 294 g/mol. The number of aryl methyl sites for hydroxylation is 1. The molecule has 0 saturated heterocycles. The van der Waals surface area contributed by atoms with Gasteiger partial charge in [0.25, 0.3) is 0 Å². The van der Waals surface area contributed by atoms with E-state index >= 15 is 0 Å². The van der Waals surface area contributed by atoms with Gasteiger partial charge in [0.05, 0.1) is 5.56 Å².